The number of benzene rings is 3. The van der Waals surface area contributed by atoms with E-state index in [4.69, 9.17) is 16.3 Å². The topological polar surface area (TPSA) is 104 Å². The van der Waals surface area contributed by atoms with E-state index in [-0.39, 0.29) is 17.6 Å². The molecular formula is C38H34ClN5O4. The van der Waals surface area contributed by atoms with E-state index in [1.54, 1.807) is 47.4 Å². The summed E-state index contributed by atoms with van der Waals surface area (Å²) >= 11 is 6.54. The zero-order valence-electron chi connectivity index (χ0n) is 27.0. The Hall–Kier alpha value is -5.46. The van der Waals surface area contributed by atoms with E-state index in [1.807, 2.05) is 53.3 Å². The molecule has 2 amide bonds. The van der Waals surface area contributed by atoms with Crippen LogP contribution in [0.3, 0.4) is 0 Å². The summed E-state index contributed by atoms with van der Waals surface area (Å²) in [5, 5.41) is 20.6. The van der Waals surface area contributed by atoms with Crippen molar-refractivity contribution in [1.29, 1.82) is 5.26 Å². The monoisotopic (exact) mass is 659 g/mol. The number of aromatic hydroxyl groups is 1. The van der Waals surface area contributed by atoms with Crippen molar-refractivity contribution < 1.29 is 19.4 Å². The molecule has 6 bridgehead atoms. The SMILES string of the molecule is Cc1c2cc(n1C)-c1cc(Cl)ccc1C(=O)N1CCc3c(cccc3OCCCc3c(cc(C#N)n3C)N(c3ccc(O)cc3)C2=O)C1. The Bertz CT molecular complexity index is 2140. The van der Waals surface area contributed by atoms with Crippen LogP contribution in [0.25, 0.3) is 11.3 Å². The Morgan fingerprint density at radius 2 is 1.69 bits per heavy atom. The van der Waals surface area contributed by atoms with Crippen LogP contribution in [0.4, 0.5) is 11.4 Å². The van der Waals surface area contributed by atoms with Crippen LogP contribution < -0.4 is 9.64 Å². The number of hydrogen-bond acceptors (Lipinski definition) is 5. The zero-order chi connectivity index (χ0) is 33.7. The molecule has 0 aliphatic carbocycles. The standard InChI is InChI=1S/C38H34ClN5O4/c1-23-31-20-34(41(23)2)32-18-25(39)9-14-30(32)37(46)43-16-15-29-24(22-43)6-4-8-36(29)48-17-5-7-33-35(19-27(21-40)42(33)3)44(38(31)47)26-10-12-28(45)13-11-26/h4,6,8-14,18-20,45H,5,7,15-17,22H2,1-3H3. The van der Waals surface area contributed by atoms with Crippen molar-refractivity contribution in [2.24, 2.45) is 14.1 Å². The summed E-state index contributed by atoms with van der Waals surface area (Å²) < 4.78 is 10.1. The number of amides is 2. The minimum atomic E-state index is -0.319. The van der Waals surface area contributed by atoms with Crippen LogP contribution in [0, 0.1) is 18.3 Å². The third-order valence-corrected chi connectivity index (χ3v) is 9.82. The first-order valence-electron chi connectivity index (χ1n) is 15.9. The highest BCUT2D eigenvalue weighted by molar-refractivity contribution is 6.31. The fourth-order valence-electron chi connectivity index (χ4n) is 6.88. The third kappa shape index (κ3) is 5.28. The summed E-state index contributed by atoms with van der Waals surface area (Å²) in [6.45, 7) is 3.28. The van der Waals surface area contributed by atoms with Gasteiger partial charge in [-0.05, 0) is 92.4 Å². The molecule has 3 aliphatic heterocycles. The highest BCUT2D eigenvalue weighted by atomic mass is 35.5. The molecule has 48 heavy (non-hydrogen) atoms. The molecule has 3 aromatic carbocycles. The lowest BCUT2D eigenvalue weighted by atomic mass is 9.96. The lowest BCUT2D eigenvalue weighted by Gasteiger charge is -2.30. The lowest BCUT2D eigenvalue weighted by molar-refractivity contribution is 0.0734. The molecule has 8 rings (SSSR count). The molecule has 9 nitrogen and oxygen atoms in total. The zero-order valence-corrected chi connectivity index (χ0v) is 27.7. The molecule has 242 valence electrons. The number of aromatic nitrogens is 2. The highest BCUT2D eigenvalue weighted by Gasteiger charge is 2.31. The molecule has 0 radical (unpaired) electrons. The Morgan fingerprint density at radius 1 is 0.896 bits per heavy atom. The Morgan fingerprint density at radius 3 is 2.46 bits per heavy atom. The Balaban J connectivity index is 1.45. The highest BCUT2D eigenvalue weighted by Crippen LogP contribution is 2.38. The number of phenols is 1. The van der Waals surface area contributed by atoms with E-state index in [1.165, 1.54) is 12.1 Å². The number of carbonyl (C=O) groups excluding carboxylic acids is 2. The Kier molecular flexibility index (Phi) is 7.98. The number of fused-ring (bicyclic) bond motifs is 5. The third-order valence-electron chi connectivity index (χ3n) is 9.58. The minimum Gasteiger partial charge on any atom is -0.508 e. The maximum Gasteiger partial charge on any atom is 0.264 e. The number of nitrogens with zero attached hydrogens (tertiary/aromatic N) is 5. The molecule has 0 atom stereocenters. The van der Waals surface area contributed by atoms with Crippen LogP contribution >= 0.6 is 11.6 Å². The number of anilines is 2. The molecular weight excluding hydrogens is 626 g/mol. The van der Waals surface area contributed by atoms with Crippen molar-refractivity contribution >= 4 is 34.8 Å². The predicted octanol–water partition coefficient (Wildman–Crippen LogP) is 7.07. The fourth-order valence-corrected chi connectivity index (χ4v) is 7.05. The summed E-state index contributed by atoms with van der Waals surface area (Å²) in [6.07, 6.45) is 1.83. The normalized spacial score (nSPS) is 14.8. The van der Waals surface area contributed by atoms with Crippen molar-refractivity contribution in [3.63, 3.8) is 0 Å². The molecule has 2 aromatic heterocycles. The number of carbonyl (C=O) groups is 2. The molecule has 0 saturated carbocycles. The molecule has 1 N–H and O–H groups in total. The first-order valence-corrected chi connectivity index (χ1v) is 16.2. The molecule has 0 saturated heterocycles. The average Bonchev–Trinajstić information content (AvgIpc) is 3.56. The maximum atomic E-state index is 14.8. The van der Waals surface area contributed by atoms with Gasteiger partial charge in [-0.25, -0.2) is 0 Å². The van der Waals surface area contributed by atoms with Gasteiger partial charge in [0.25, 0.3) is 11.8 Å². The fraction of sp³-hybridized carbons (Fsp3) is 0.237. The van der Waals surface area contributed by atoms with Gasteiger partial charge in [0.1, 0.15) is 23.3 Å². The van der Waals surface area contributed by atoms with Gasteiger partial charge in [-0.15, -0.1) is 0 Å². The minimum absolute atomic E-state index is 0.0674. The van der Waals surface area contributed by atoms with Gasteiger partial charge in [0.05, 0.1) is 17.9 Å². The van der Waals surface area contributed by atoms with Crippen LogP contribution in [-0.2, 0) is 33.5 Å². The van der Waals surface area contributed by atoms with E-state index >= 15 is 0 Å². The molecule has 5 heterocycles. The second-order valence-electron chi connectivity index (χ2n) is 12.3. The van der Waals surface area contributed by atoms with Gasteiger partial charge in [0.15, 0.2) is 0 Å². The van der Waals surface area contributed by atoms with Gasteiger partial charge in [-0.3, -0.25) is 14.5 Å². The van der Waals surface area contributed by atoms with Gasteiger partial charge < -0.3 is 23.9 Å². The number of phenolic OH excluding ortho intramolecular Hbond substituents is 1. The lowest BCUT2D eigenvalue weighted by Crippen LogP contribution is -2.36. The van der Waals surface area contributed by atoms with Crippen LogP contribution in [0.1, 0.15) is 55.3 Å². The molecule has 3 aliphatic rings. The van der Waals surface area contributed by atoms with Crippen molar-refractivity contribution in [3.05, 3.63) is 117 Å². The molecule has 0 unspecified atom stereocenters. The van der Waals surface area contributed by atoms with Crippen LogP contribution in [0.5, 0.6) is 11.5 Å². The van der Waals surface area contributed by atoms with E-state index in [0.29, 0.717) is 89.1 Å². The smallest absolute Gasteiger partial charge is 0.264 e. The molecule has 10 heteroatoms. The second-order valence-corrected chi connectivity index (χ2v) is 12.7. The molecule has 0 fully saturated rings. The molecule has 0 spiro atoms. The van der Waals surface area contributed by atoms with Gasteiger partial charge in [-0.2, -0.15) is 5.26 Å². The predicted molar refractivity (Wildman–Crippen MR) is 184 cm³/mol. The summed E-state index contributed by atoms with van der Waals surface area (Å²) in [5.41, 5.74) is 7.38. The van der Waals surface area contributed by atoms with Crippen molar-refractivity contribution in [2.45, 2.75) is 32.7 Å². The second kappa shape index (κ2) is 12.3. The van der Waals surface area contributed by atoms with Gasteiger partial charge >= 0.3 is 0 Å². The van der Waals surface area contributed by atoms with Gasteiger partial charge in [0, 0.05) is 71.7 Å². The van der Waals surface area contributed by atoms with Crippen LogP contribution in [-0.4, -0.2) is 44.1 Å². The van der Waals surface area contributed by atoms with E-state index in [2.05, 4.69) is 6.07 Å². The van der Waals surface area contributed by atoms with E-state index in [0.717, 1.165) is 22.6 Å². The average molecular weight is 660 g/mol. The summed E-state index contributed by atoms with van der Waals surface area (Å²) in [6, 6.07) is 23.5. The van der Waals surface area contributed by atoms with Crippen molar-refractivity contribution in [2.75, 3.05) is 18.1 Å². The number of halogens is 1. The summed E-state index contributed by atoms with van der Waals surface area (Å²) in [5.74, 6) is 0.437. The Labute approximate surface area is 283 Å². The summed E-state index contributed by atoms with van der Waals surface area (Å²) in [7, 11) is 3.70. The maximum absolute atomic E-state index is 14.8. The van der Waals surface area contributed by atoms with Gasteiger partial charge in [0.2, 0.25) is 0 Å². The molecule has 5 aromatic rings. The largest absolute Gasteiger partial charge is 0.508 e. The van der Waals surface area contributed by atoms with Crippen LogP contribution in [0.2, 0.25) is 5.02 Å². The van der Waals surface area contributed by atoms with Crippen LogP contribution in [0.15, 0.2) is 72.8 Å². The van der Waals surface area contributed by atoms with Crippen molar-refractivity contribution in [1.82, 2.24) is 14.0 Å². The number of rotatable bonds is 1. The quantitative estimate of drug-likeness (QED) is 0.207. The first-order chi connectivity index (χ1) is 23.2. The van der Waals surface area contributed by atoms with E-state index in [9.17, 15) is 20.0 Å². The summed E-state index contributed by atoms with van der Waals surface area (Å²) in [4.78, 5) is 32.5. The van der Waals surface area contributed by atoms with Gasteiger partial charge in [-0.1, -0.05) is 23.7 Å². The number of ether oxygens (including phenoxy) is 1. The van der Waals surface area contributed by atoms with E-state index < -0.39 is 0 Å². The first kappa shape index (κ1) is 31.2. The number of hydrogen-bond donors (Lipinski definition) is 1. The number of nitriles is 1. The van der Waals surface area contributed by atoms with Crippen molar-refractivity contribution in [3.8, 4) is 28.8 Å².